The number of nitrogens with one attached hydrogen (secondary N) is 2. The SMILES string of the molecule is COC(=O)c1ccccc1NC(=O)N/C=C/C1CCCCC1. The lowest BCUT2D eigenvalue weighted by molar-refractivity contribution is 0.0602. The van der Waals surface area contributed by atoms with Crippen molar-refractivity contribution in [1.29, 1.82) is 0 Å². The standard InChI is InChI=1S/C17H22N2O3/c1-22-16(20)14-9-5-6-10-15(14)19-17(21)18-12-11-13-7-3-2-4-8-13/h5-6,9-13H,2-4,7-8H2,1H3,(H2,18,19,21)/b12-11+. The third-order valence-electron chi connectivity index (χ3n) is 3.81. The summed E-state index contributed by atoms with van der Waals surface area (Å²) < 4.78 is 4.69. The van der Waals surface area contributed by atoms with Gasteiger partial charge in [-0.3, -0.25) is 0 Å². The number of amides is 2. The van der Waals surface area contributed by atoms with Gasteiger partial charge in [0.1, 0.15) is 0 Å². The van der Waals surface area contributed by atoms with Crippen LogP contribution in [0.2, 0.25) is 0 Å². The molecule has 2 rings (SSSR count). The van der Waals surface area contributed by atoms with Crippen molar-refractivity contribution >= 4 is 17.7 Å². The number of urea groups is 1. The van der Waals surface area contributed by atoms with Crippen molar-refractivity contribution < 1.29 is 14.3 Å². The fourth-order valence-electron chi connectivity index (χ4n) is 2.62. The monoisotopic (exact) mass is 302 g/mol. The predicted octanol–water partition coefficient (Wildman–Crippen LogP) is 3.69. The molecule has 0 atom stereocenters. The maximum absolute atomic E-state index is 11.9. The van der Waals surface area contributed by atoms with E-state index >= 15 is 0 Å². The number of esters is 1. The third kappa shape index (κ3) is 4.62. The number of methoxy groups -OCH3 is 1. The lowest BCUT2D eigenvalue weighted by Crippen LogP contribution is -2.25. The zero-order valence-corrected chi connectivity index (χ0v) is 12.8. The lowest BCUT2D eigenvalue weighted by atomic mass is 9.89. The highest BCUT2D eigenvalue weighted by molar-refractivity contribution is 6.00. The molecule has 0 bridgehead atoms. The van der Waals surface area contributed by atoms with Gasteiger partial charge in [0, 0.05) is 6.20 Å². The molecule has 0 aromatic heterocycles. The first kappa shape index (κ1) is 16.1. The van der Waals surface area contributed by atoms with Gasteiger partial charge in [0.05, 0.1) is 18.4 Å². The molecular weight excluding hydrogens is 280 g/mol. The van der Waals surface area contributed by atoms with Crippen LogP contribution < -0.4 is 10.6 Å². The van der Waals surface area contributed by atoms with E-state index in [0.29, 0.717) is 17.2 Å². The zero-order chi connectivity index (χ0) is 15.8. The van der Waals surface area contributed by atoms with Crippen LogP contribution in [0.4, 0.5) is 10.5 Å². The van der Waals surface area contributed by atoms with E-state index in [1.54, 1.807) is 30.5 Å². The summed E-state index contributed by atoms with van der Waals surface area (Å²) in [4.78, 5) is 23.5. The Morgan fingerprint density at radius 1 is 1.18 bits per heavy atom. The Kier molecular flexibility index (Phi) is 6.01. The average Bonchev–Trinajstić information content (AvgIpc) is 2.55. The molecule has 2 amide bonds. The first-order chi connectivity index (χ1) is 10.7. The van der Waals surface area contributed by atoms with Crippen molar-refractivity contribution in [2.75, 3.05) is 12.4 Å². The van der Waals surface area contributed by atoms with E-state index in [0.717, 1.165) is 0 Å². The number of carbonyl (C=O) groups excluding carboxylic acids is 2. The minimum absolute atomic E-state index is 0.330. The van der Waals surface area contributed by atoms with E-state index in [-0.39, 0.29) is 6.03 Å². The molecule has 5 heteroatoms. The molecule has 1 fully saturated rings. The Bertz CT molecular complexity index is 549. The zero-order valence-electron chi connectivity index (χ0n) is 12.8. The van der Waals surface area contributed by atoms with E-state index in [9.17, 15) is 9.59 Å². The fourth-order valence-corrected chi connectivity index (χ4v) is 2.62. The van der Waals surface area contributed by atoms with E-state index in [1.165, 1.54) is 39.2 Å². The molecule has 0 unspecified atom stereocenters. The molecular formula is C17H22N2O3. The highest BCUT2D eigenvalue weighted by atomic mass is 16.5. The summed E-state index contributed by atoms with van der Waals surface area (Å²) in [5, 5.41) is 5.34. The number of anilines is 1. The Hall–Kier alpha value is -2.30. The van der Waals surface area contributed by atoms with Gasteiger partial charge in [-0.05, 0) is 30.9 Å². The maximum Gasteiger partial charge on any atom is 0.339 e. The highest BCUT2D eigenvalue weighted by Gasteiger charge is 2.13. The largest absolute Gasteiger partial charge is 0.465 e. The van der Waals surface area contributed by atoms with Crippen molar-refractivity contribution in [2.24, 2.45) is 5.92 Å². The average molecular weight is 302 g/mol. The van der Waals surface area contributed by atoms with Crippen molar-refractivity contribution in [1.82, 2.24) is 5.32 Å². The van der Waals surface area contributed by atoms with Gasteiger partial charge < -0.3 is 15.4 Å². The van der Waals surface area contributed by atoms with Gasteiger partial charge in [0.2, 0.25) is 0 Å². The number of allylic oxidation sites excluding steroid dienone is 1. The number of rotatable bonds is 4. The normalized spacial score (nSPS) is 15.5. The first-order valence-electron chi connectivity index (χ1n) is 7.62. The predicted molar refractivity (Wildman–Crippen MR) is 85.7 cm³/mol. The topological polar surface area (TPSA) is 67.4 Å². The van der Waals surface area contributed by atoms with E-state index < -0.39 is 5.97 Å². The summed E-state index contributed by atoms with van der Waals surface area (Å²) in [6, 6.07) is 6.37. The number of benzene rings is 1. The molecule has 0 spiro atoms. The molecule has 1 aliphatic rings. The molecule has 0 aliphatic heterocycles. The van der Waals surface area contributed by atoms with E-state index in [1.807, 2.05) is 6.08 Å². The second kappa shape index (κ2) is 8.22. The minimum atomic E-state index is -0.478. The minimum Gasteiger partial charge on any atom is -0.465 e. The summed E-state index contributed by atoms with van der Waals surface area (Å²) in [5.41, 5.74) is 0.759. The van der Waals surface area contributed by atoms with Crippen LogP contribution >= 0.6 is 0 Å². The Morgan fingerprint density at radius 3 is 2.64 bits per heavy atom. The number of ether oxygens (including phenoxy) is 1. The second-order valence-corrected chi connectivity index (χ2v) is 5.39. The maximum atomic E-state index is 11.9. The Morgan fingerprint density at radius 2 is 1.91 bits per heavy atom. The van der Waals surface area contributed by atoms with Crippen LogP contribution in [0.15, 0.2) is 36.5 Å². The first-order valence-corrected chi connectivity index (χ1v) is 7.62. The van der Waals surface area contributed by atoms with Crippen molar-refractivity contribution in [3.8, 4) is 0 Å². The van der Waals surface area contributed by atoms with Gasteiger partial charge in [-0.1, -0.05) is 37.5 Å². The molecule has 1 aliphatic carbocycles. The quantitative estimate of drug-likeness (QED) is 0.834. The smallest absolute Gasteiger partial charge is 0.339 e. The van der Waals surface area contributed by atoms with E-state index in [2.05, 4.69) is 10.6 Å². The lowest BCUT2D eigenvalue weighted by Gasteiger charge is -2.17. The van der Waals surface area contributed by atoms with Gasteiger partial charge in [-0.2, -0.15) is 0 Å². The van der Waals surface area contributed by atoms with Crippen LogP contribution in [0.1, 0.15) is 42.5 Å². The number of para-hydroxylation sites is 1. The Labute approximate surface area is 130 Å². The number of carbonyl (C=O) groups is 2. The van der Waals surface area contributed by atoms with Crippen molar-refractivity contribution in [2.45, 2.75) is 32.1 Å². The van der Waals surface area contributed by atoms with Crippen LogP contribution in [-0.2, 0) is 4.74 Å². The fraction of sp³-hybridized carbons (Fsp3) is 0.412. The number of hydrogen-bond donors (Lipinski definition) is 2. The molecule has 2 N–H and O–H groups in total. The molecule has 1 aromatic carbocycles. The molecule has 5 nitrogen and oxygen atoms in total. The summed E-state index contributed by atoms with van der Waals surface area (Å²) >= 11 is 0. The highest BCUT2D eigenvalue weighted by Crippen LogP contribution is 2.24. The molecule has 0 saturated heterocycles. The van der Waals surface area contributed by atoms with E-state index in [4.69, 9.17) is 4.74 Å². The molecule has 118 valence electrons. The van der Waals surface area contributed by atoms with Crippen LogP contribution in [0.5, 0.6) is 0 Å². The molecule has 22 heavy (non-hydrogen) atoms. The van der Waals surface area contributed by atoms with Gasteiger partial charge in [0.15, 0.2) is 0 Å². The van der Waals surface area contributed by atoms with Gasteiger partial charge >= 0.3 is 12.0 Å². The van der Waals surface area contributed by atoms with Crippen LogP contribution in [0.25, 0.3) is 0 Å². The molecule has 1 aromatic rings. The van der Waals surface area contributed by atoms with Gasteiger partial charge in [-0.15, -0.1) is 0 Å². The van der Waals surface area contributed by atoms with Crippen LogP contribution in [0.3, 0.4) is 0 Å². The van der Waals surface area contributed by atoms with Crippen LogP contribution in [-0.4, -0.2) is 19.1 Å². The van der Waals surface area contributed by atoms with Crippen molar-refractivity contribution in [3.05, 3.63) is 42.1 Å². The third-order valence-corrected chi connectivity index (χ3v) is 3.81. The summed E-state index contributed by atoms with van der Waals surface area (Å²) in [7, 11) is 1.31. The second-order valence-electron chi connectivity index (χ2n) is 5.39. The number of hydrogen-bond acceptors (Lipinski definition) is 3. The summed E-state index contributed by atoms with van der Waals surface area (Å²) in [6.45, 7) is 0. The van der Waals surface area contributed by atoms with Crippen LogP contribution in [0, 0.1) is 5.92 Å². The summed E-state index contributed by atoms with van der Waals surface area (Å²) in [6.07, 6.45) is 9.93. The molecule has 0 heterocycles. The van der Waals surface area contributed by atoms with Gasteiger partial charge in [-0.25, -0.2) is 9.59 Å². The molecule has 1 saturated carbocycles. The molecule has 0 radical (unpaired) electrons. The van der Waals surface area contributed by atoms with Crippen molar-refractivity contribution in [3.63, 3.8) is 0 Å². The summed E-state index contributed by atoms with van der Waals surface area (Å²) in [5.74, 6) is 0.0741. The van der Waals surface area contributed by atoms with Gasteiger partial charge in [0.25, 0.3) is 0 Å². The Balaban J connectivity index is 1.89.